The first-order valence-electron chi connectivity index (χ1n) is 5.92. The summed E-state index contributed by atoms with van der Waals surface area (Å²) in [7, 11) is 0. The molecule has 2 rings (SSSR count). The van der Waals surface area contributed by atoms with Gasteiger partial charge in [-0.2, -0.15) is 0 Å². The van der Waals surface area contributed by atoms with Gasteiger partial charge < -0.3 is 5.73 Å². The molecule has 0 saturated carbocycles. The molecule has 0 aliphatic rings. The van der Waals surface area contributed by atoms with E-state index in [1.54, 1.807) is 0 Å². The molecule has 0 aliphatic heterocycles. The van der Waals surface area contributed by atoms with Crippen LogP contribution in [0.2, 0.25) is 0 Å². The minimum atomic E-state index is -0.578. The summed E-state index contributed by atoms with van der Waals surface area (Å²) in [4.78, 5) is 0. The second-order valence-corrected chi connectivity index (χ2v) is 5.47. The predicted octanol–water partition coefficient (Wildman–Crippen LogP) is 4.28. The SMILES string of the molecule is Cc1ccc(Br)c(C(N)Cc2cc(F)cc(F)c2)c1. The van der Waals surface area contributed by atoms with Crippen LogP contribution in [0.5, 0.6) is 0 Å². The summed E-state index contributed by atoms with van der Waals surface area (Å²) >= 11 is 3.45. The normalized spacial score (nSPS) is 12.5. The molecule has 19 heavy (non-hydrogen) atoms. The van der Waals surface area contributed by atoms with E-state index in [9.17, 15) is 8.78 Å². The van der Waals surface area contributed by atoms with E-state index in [2.05, 4.69) is 15.9 Å². The number of hydrogen-bond donors (Lipinski definition) is 1. The van der Waals surface area contributed by atoms with E-state index < -0.39 is 11.6 Å². The molecule has 0 saturated heterocycles. The minimum Gasteiger partial charge on any atom is -0.324 e. The highest BCUT2D eigenvalue weighted by Crippen LogP contribution is 2.26. The standard InChI is InChI=1S/C15H14BrF2N/c1-9-2-3-14(16)13(4-9)15(19)7-10-5-11(17)8-12(18)6-10/h2-6,8,15H,7,19H2,1H3. The van der Waals surface area contributed by atoms with Crippen LogP contribution in [0, 0.1) is 18.6 Å². The number of benzene rings is 2. The van der Waals surface area contributed by atoms with Crippen LogP contribution in [0.4, 0.5) is 8.78 Å². The highest BCUT2D eigenvalue weighted by Gasteiger charge is 2.12. The van der Waals surface area contributed by atoms with Gasteiger partial charge in [0.15, 0.2) is 0 Å². The average molecular weight is 326 g/mol. The van der Waals surface area contributed by atoms with Crippen molar-refractivity contribution < 1.29 is 8.78 Å². The molecule has 2 aromatic carbocycles. The van der Waals surface area contributed by atoms with Crippen LogP contribution in [0.25, 0.3) is 0 Å². The topological polar surface area (TPSA) is 26.0 Å². The van der Waals surface area contributed by atoms with E-state index in [-0.39, 0.29) is 6.04 Å². The van der Waals surface area contributed by atoms with Crippen molar-refractivity contribution in [2.24, 2.45) is 5.73 Å². The zero-order chi connectivity index (χ0) is 14.0. The van der Waals surface area contributed by atoms with E-state index in [0.717, 1.165) is 21.7 Å². The smallest absolute Gasteiger partial charge is 0.126 e. The van der Waals surface area contributed by atoms with Gasteiger partial charge >= 0.3 is 0 Å². The van der Waals surface area contributed by atoms with Gasteiger partial charge in [-0.05, 0) is 42.7 Å². The molecule has 0 aromatic heterocycles. The Morgan fingerprint density at radius 3 is 2.37 bits per heavy atom. The third-order valence-corrected chi connectivity index (χ3v) is 3.65. The first-order chi connectivity index (χ1) is 8.95. The van der Waals surface area contributed by atoms with Crippen LogP contribution in [0.15, 0.2) is 40.9 Å². The van der Waals surface area contributed by atoms with E-state index in [1.165, 1.54) is 12.1 Å². The third-order valence-electron chi connectivity index (χ3n) is 2.93. The summed E-state index contributed by atoms with van der Waals surface area (Å²) in [5.74, 6) is -1.16. The van der Waals surface area contributed by atoms with Gasteiger partial charge in [0, 0.05) is 16.6 Å². The van der Waals surface area contributed by atoms with Crippen LogP contribution in [0.1, 0.15) is 22.7 Å². The molecule has 4 heteroatoms. The second kappa shape index (κ2) is 5.80. The molecule has 1 nitrogen and oxygen atoms in total. The Morgan fingerprint density at radius 1 is 1.11 bits per heavy atom. The van der Waals surface area contributed by atoms with Gasteiger partial charge in [0.25, 0.3) is 0 Å². The minimum absolute atomic E-state index is 0.310. The second-order valence-electron chi connectivity index (χ2n) is 4.61. The van der Waals surface area contributed by atoms with Crippen molar-refractivity contribution in [1.29, 1.82) is 0 Å². The van der Waals surface area contributed by atoms with Crippen molar-refractivity contribution in [3.8, 4) is 0 Å². The fourth-order valence-corrected chi connectivity index (χ4v) is 2.58. The van der Waals surface area contributed by atoms with Gasteiger partial charge in [-0.3, -0.25) is 0 Å². The molecule has 100 valence electrons. The van der Waals surface area contributed by atoms with Gasteiger partial charge in [0.2, 0.25) is 0 Å². The lowest BCUT2D eigenvalue weighted by Crippen LogP contribution is -2.14. The fourth-order valence-electron chi connectivity index (χ4n) is 2.04. The van der Waals surface area contributed by atoms with Crippen molar-refractivity contribution in [3.63, 3.8) is 0 Å². The molecule has 0 heterocycles. The Kier molecular flexibility index (Phi) is 4.32. The fraction of sp³-hybridized carbons (Fsp3) is 0.200. The maximum absolute atomic E-state index is 13.1. The molecule has 1 unspecified atom stereocenters. The summed E-state index contributed by atoms with van der Waals surface area (Å²) in [5.41, 5.74) is 8.71. The lowest BCUT2D eigenvalue weighted by atomic mass is 9.98. The zero-order valence-corrected chi connectivity index (χ0v) is 12.0. The van der Waals surface area contributed by atoms with Crippen molar-refractivity contribution in [1.82, 2.24) is 0 Å². The molecular formula is C15H14BrF2N. The monoisotopic (exact) mass is 325 g/mol. The van der Waals surface area contributed by atoms with Gasteiger partial charge in [0.05, 0.1) is 0 Å². The van der Waals surface area contributed by atoms with E-state index in [1.807, 2.05) is 25.1 Å². The molecule has 2 N–H and O–H groups in total. The molecular weight excluding hydrogens is 312 g/mol. The molecule has 0 aliphatic carbocycles. The third kappa shape index (κ3) is 3.61. The van der Waals surface area contributed by atoms with Crippen molar-refractivity contribution in [2.75, 3.05) is 0 Å². The maximum Gasteiger partial charge on any atom is 0.126 e. The number of nitrogens with two attached hydrogens (primary N) is 1. The predicted molar refractivity (Wildman–Crippen MR) is 75.9 cm³/mol. The first kappa shape index (κ1) is 14.2. The van der Waals surface area contributed by atoms with Crippen LogP contribution in [-0.2, 0) is 6.42 Å². The molecule has 0 spiro atoms. The first-order valence-corrected chi connectivity index (χ1v) is 6.71. The van der Waals surface area contributed by atoms with Gasteiger partial charge in [0.1, 0.15) is 11.6 Å². The Balaban J connectivity index is 2.25. The van der Waals surface area contributed by atoms with Crippen molar-refractivity contribution in [3.05, 3.63) is 69.2 Å². The van der Waals surface area contributed by atoms with Crippen LogP contribution in [0.3, 0.4) is 0 Å². The Labute approximate surface area is 119 Å². The van der Waals surface area contributed by atoms with Crippen LogP contribution >= 0.6 is 15.9 Å². The lowest BCUT2D eigenvalue weighted by molar-refractivity contribution is 0.576. The number of hydrogen-bond acceptors (Lipinski definition) is 1. The molecule has 0 amide bonds. The van der Waals surface area contributed by atoms with Gasteiger partial charge in [-0.15, -0.1) is 0 Å². The molecule has 0 radical (unpaired) electrons. The molecule has 1 atom stereocenters. The number of rotatable bonds is 3. The number of halogens is 3. The van der Waals surface area contributed by atoms with E-state index in [0.29, 0.717) is 12.0 Å². The lowest BCUT2D eigenvalue weighted by Gasteiger charge is -2.15. The van der Waals surface area contributed by atoms with E-state index in [4.69, 9.17) is 5.73 Å². The highest BCUT2D eigenvalue weighted by atomic mass is 79.9. The Hall–Kier alpha value is -1.26. The van der Waals surface area contributed by atoms with Gasteiger partial charge in [-0.25, -0.2) is 8.78 Å². The van der Waals surface area contributed by atoms with E-state index >= 15 is 0 Å². The van der Waals surface area contributed by atoms with Crippen molar-refractivity contribution in [2.45, 2.75) is 19.4 Å². The Morgan fingerprint density at radius 2 is 1.74 bits per heavy atom. The Bertz CT molecular complexity index is 578. The van der Waals surface area contributed by atoms with Crippen LogP contribution in [-0.4, -0.2) is 0 Å². The highest BCUT2D eigenvalue weighted by molar-refractivity contribution is 9.10. The zero-order valence-electron chi connectivity index (χ0n) is 10.5. The summed E-state index contributed by atoms with van der Waals surface area (Å²) in [6.45, 7) is 1.98. The molecule has 0 fully saturated rings. The summed E-state index contributed by atoms with van der Waals surface area (Å²) in [6.07, 6.45) is 0.386. The largest absolute Gasteiger partial charge is 0.324 e. The quantitative estimate of drug-likeness (QED) is 0.895. The molecule has 2 aromatic rings. The summed E-state index contributed by atoms with van der Waals surface area (Å²) in [6, 6.07) is 9.05. The van der Waals surface area contributed by atoms with Crippen molar-refractivity contribution >= 4 is 15.9 Å². The maximum atomic E-state index is 13.1. The summed E-state index contributed by atoms with van der Waals surface area (Å²) in [5, 5.41) is 0. The molecule has 0 bridgehead atoms. The van der Waals surface area contributed by atoms with Crippen LogP contribution < -0.4 is 5.73 Å². The average Bonchev–Trinajstić information content (AvgIpc) is 2.30. The number of aryl methyl sites for hydroxylation is 1. The summed E-state index contributed by atoms with van der Waals surface area (Å²) < 4.78 is 27.2. The van der Waals surface area contributed by atoms with Gasteiger partial charge in [-0.1, -0.05) is 33.6 Å².